The molecule has 0 aromatic carbocycles. The summed E-state index contributed by atoms with van der Waals surface area (Å²) in [6, 6.07) is 0. The fourth-order valence-corrected chi connectivity index (χ4v) is 1.02. The van der Waals surface area contributed by atoms with E-state index in [1.165, 1.54) is 0 Å². The van der Waals surface area contributed by atoms with Crippen molar-refractivity contribution in [2.75, 3.05) is 0 Å². The molecule has 9 heavy (non-hydrogen) atoms. The Hall–Kier alpha value is -0.590. The fraction of sp³-hybridized carbons (Fsp3) is 0.500. The predicted octanol–water partition coefficient (Wildman–Crippen LogP) is 2.97. The van der Waals surface area contributed by atoms with Gasteiger partial charge in [0.2, 0.25) is 0 Å². The van der Waals surface area contributed by atoms with Gasteiger partial charge in [0.05, 0.1) is 0 Å². The summed E-state index contributed by atoms with van der Waals surface area (Å²) < 4.78 is 12.6. The van der Waals surface area contributed by atoms with Gasteiger partial charge in [-0.3, -0.25) is 0 Å². The summed E-state index contributed by atoms with van der Waals surface area (Å²) in [5.74, 6) is 0.0336. The van der Waals surface area contributed by atoms with Crippen LogP contribution in [0.2, 0.25) is 0 Å². The average Bonchev–Trinajstić information content (AvgIpc) is 1.83. The van der Waals surface area contributed by atoms with Gasteiger partial charge in [0.15, 0.2) is 0 Å². The molecule has 1 aliphatic carbocycles. The molecule has 0 N–H and O–H groups in total. The Morgan fingerprint density at radius 1 is 1.44 bits per heavy atom. The van der Waals surface area contributed by atoms with E-state index in [0.29, 0.717) is 6.42 Å². The molecule has 0 amide bonds. The first-order valence-electron chi connectivity index (χ1n) is 3.25. The van der Waals surface area contributed by atoms with Crippen LogP contribution in [0.1, 0.15) is 26.2 Å². The number of hydrogen-bond acceptors (Lipinski definition) is 0. The Labute approximate surface area is 55.1 Å². The maximum Gasteiger partial charge on any atom is 0.103 e. The molecule has 1 heteroatoms. The van der Waals surface area contributed by atoms with Crippen LogP contribution in [0.3, 0.4) is 0 Å². The van der Waals surface area contributed by atoms with Crippen molar-refractivity contribution in [2.45, 2.75) is 26.2 Å². The molecule has 0 aromatic rings. The van der Waals surface area contributed by atoms with E-state index in [4.69, 9.17) is 0 Å². The normalized spacial score (nSPS) is 20.9. The van der Waals surface area contributed by atoms with Gasteiger partial charge in [-0.05, 0) is 37.3 Å². The van der Waals surface area contributed by atoms with E-state index in [1.54, 1.807) is 6.92 Å². The Kier molecular flexibility index (Phi) is 1.70. The van der Waals surface area contributed by atoms with Crippen LogP contribution in [0.15, 0.2) is 23.6 Å². The predicted molar refractivity (Wildman–Crippen MR) is 36.8 cm³/mol. The van der Waals surface area contributed by atoms with Crippen LogP contribution in [0.25, 0.3) is 0 Å². The van der Waals surface area contributed by atoms with Crippen LogP contribution in [0.4, 0.5) is 4.39 Å². The molecule has 0 aliphatic heterocycles. The Morgan fingerprint density at radius 3 is 2.56 bits per heavy atom. The van der Waals surface area contributed by atoms with E-state index in [2.05, 4.69) is 6.58 Å². The summed E-state index contributed by atoms with van der Waals surface area (Å²) in [6.07, 6.45) is 2.52. The third kappa shape index (κ3) is 1.21. The topological polar surface area (TPSA) is 0 Å². The zero-order chi connectivity index (χ0) is 6.85. The van der Waals surface area contributed by atoms with Crippen molar-refractivity contribution < 1.29 is 4.39 Å². The molecule has 1 aliphatic rings. The zero-order valence-electron chi connectivity index (χ0n) is 5.71. The summed E-state index contributed by atoms with van der Waals surface area (Å²) in [6.45, 7) is 5.55. The van der Waals surface area contributed by atoms with Crippen molar-refractivity contribution in [3.63, 3.8) is 0 Å². The van der Waals surface area contributed by atoms with Crippen LogP contribution < -0.4 is 0 Å². The Bertz CT molecular complexity index is 165. The van der Waals surface area contributed by atoms with E-state index in [1.807, 2.05) is 0 Å². The molecule has 0 nitrogen and oxygen atoms in total. The molecule has 0 bridgehead atoms. The summed E-state index contributed by atoms with van der Waals surface area (Å²) in [4.78, 5) is 0. The van der Waals surface area contributed by atoms with E-state index in [9.17, 15) is 4.39 Å². The second-order valence-corrected chi connectivity index (χ2v) is 2.49. The standard InChI is InChI=1S/C8H11F/c1-6-4-3-5-8(9)7(6)2/h1,3-5H2,2H3. The van der Waals surface area contributed by atoms with Crippen LogP contribution >= 0.6 is 0 Å². The van der Waals surface area contributed by atoms with Crippen LogP contribution in [0, 0.1) is 0 Å². The van der Waals surface area contributed by atoms with Gasteiger partial charge >= 0.3 is 0 Å². The SMILES string of the molecule is C=C1CCCC(F)=C1C. The number of allylic oxidation sites excluding steroid dienone is 3. The third-order valence-electron chi connectivity index (χ3n) is 1.81. The molecule has 0 fully saturated rings. The van der Waals surface area contributed by atoms with Gasteiger partial charge in [-0.1, -0.05) is 6.58 Å². The lowest BCUT2D eigenvalue weighted by atomic mass is 9.95. The third-order valence-corrected chi connectivity index (χ3v) is 1.81. The fourth-order valence-electron chi connectivity index (χ4n) is 1.02. The maximum atomic E-state index is 12.6. The molecule has 0 spiro atoms. The van der Waals surface area contributed by atoms with Gasteiger partial charge in [-0.2, -0.15) is 0 Å². The molecule has 0 atom stereocenters. The minimum Gasteiger partial charge on any atom is -0.212 e. The second kappa shape index (κ2) is 2.34. The highest BCUT2D eigenvalue weighted by atomic mass is 19.1. The molecule has 0 aromatic heterocycles. The first kappa shape index (κ1) is 6.53. The number of hydrogen-bond donors (Lipinski definition) is 0. The first-order valence-corrected chi connectivity index (χ1v) is 3.25. The van der Waals surface area contributed by atoms with Crippen LogP contribution in [-0.4, -0.2) is 0 Å². The van der Waals surface area contributed by atoms with Crippen molar-refractivity contribution in [1.82, 2.24) is 0 Å². The number of halogens is 1. The largest absolute Gasteiger partial charge is 0.212 e. The van der Waals surface area contributed by atoms with Crippen LogP contribution in [0.5, 0.6) is 0 Å². The zero-order valence-corrected chi connectivity index (χ0v) is 5.71. The summed E-state index contributed by atoms with van der Waals surface area (Å²) in [7, 11) is 0. The lowest BCUT2D eigenvalue weighted by Crippen LogP contribution is -1.95. The van der Waals surface area contributed by atoms with Gasteiger partial charge in [0.25, 0.3) is 0 Å². The van der Waals surface area contributed by atoms with Gasteiger partial charge in [0, 0.05) is 0 Å². The highest BCUT2D eigenvalue weighted by molar-refractivity contribution is 5.31. The highest BCUT2D eigenvalue weighted by Crippen LogP contribution is 2.28. The monoisotopic (exact) mass is 126 g/mol. The molecule has 0 radical (unpaired) electrons. The van der Waals surface area contributed by atoms with Gasteiger partial charge < -0.3 is 0 Å². The van der Waals surface area contributed by atoms with E-state index >= 15 is 0 Å². The highest BCUT2D eigenvalue weighted by Gasteiger charge is 2.10. The maximum absolute atomic E-state index is 12.6. The van der Waals surface area contributed by atoms with E-state index in [-0.39, 0.29) is 5.83 Å². The van der Waals surface area contributed by atoms with Crippen molar-refractivity contribution >= 4 is 0 Å². The average molecular weight is 126 g/mol. The van der Waals surface area contributed by atoms with E-state index in [0.717, 1.165) is 24.0 Å². The lowest BCUT2D eigenvalue weighted by molar-refractivity contribution is 0.546. The molecular weight excluding hydrogens is 115 g/mol. The smallest absolute Gasteiger partial charge is 0.103 e. The van der Waals surface area contributed by atoms with Crippen molar-refractivity contribution in [2.24, 2.45) is 0 Å². The molecule has 0 heterocycles. The van der Waals surface area contributed by atoms with E-state index < -0.39 is 0 Å². The Balaban J connectivity index is 2.84. The lowest BCUT2D eigenvalue weighted by Gasteiger charge is -2.13. The number of rotatable bonds is 0. The second-order valence-electron chi connectivity index (χ2n) is 2.49. The molecule has 1 rings (SSSR count). The summed E-state index contributed by atoms with van der Waals surface area (Å²) >= 11 is 0. The van der Waals surface area contributed by atoms with Gasteiger partial charge in [0.1, 0.15) is 5.83 Å². The van der Waals surface area contributed by atoms with Gasteiger partial charge in [-0.15, -0.1) is 0 Å². The Morgan fingerprint density at radius 2 is 2.11 bits per heavy atom. The minimum absolute atomic E-state index is 0.0336. The minimum atomic E-state index is 0.0336. The van der Waals surface area contributed by atoms with Crippen molar-refractivity contribution in [1.29, 1.82) is 0 Å². The van der Waals surface area contributed by atoms with Gasteiger partial charge in [-0.25, -0.2) is 4.39 Å². The van der Waals surface area contributed by atoms with Crippen molar-refractivity contribution in [3.05, 3.63) is 23.6 Å². The molecule has 0 saturated carbocycles. The van der Waals surface area contributed by atoms with Crippen molar-refractivity contribution in [3.8, 4) is 0 Å². The molecule has 0 saturated heterocycles. The summed E-state index contributed by atoms with van der Waals surface area (Å²) in [5, 5.41) is 0. The molecule has 0 unspecified atom stereocenters. The molecular formula is C8H11F. The quantitative estimate of drug-likeness (QED) is 0.468. The molecule has 50 valence electrons. The first-order chi connectivity index (χ1) is 4.22. The van der Waals surface area contributed by atoms with Crippen LogP contribution in [-0.2, 0) is 0 Å². The summed E-state index contributed by atoms with van der Waals surface area (Å²) in [5.41, 5.74) is 1.75.